The van der Waals surface area contributed by atoms with Gasteiger partial charge in [0.2, 0.25) is 5.56 Å². The molecule has 3 aromatic rings. The third kappa shape index (κ3) is 2.81. The molecule has 3 heterocycles. The molecule has 25 heavy (non-hydrogen) atoms. The standard InChI is InChI=1S/C15H12Cl2N4O3S/c16-10-4-9-7-21(6-8-1-2-18-12(22)3-8)25(23,24)20-14(9)15-13(10)11(17)5-19-15/h1-5,19-20H,6-7H2,(H,18,22). The first-order valence-electron chi connectivity index (χ1n) is 7.28. The SMILES string of the molecule is O=c1cc(CN2Cc3cc(Cl)c4c(Cl)c[nH]c4c3NS2(=O)=O)cc[nH]1. The third-order valence-electron chi connectivity index (χ3n) is 4.06. The van der Waals surface area contributed by atoms with Crippen molar-refractivity contribution in [1.29, 1.82) is 0 Å². The Balaban J connectivity index is 1.79. The molecule has 7 nitrogen and oxygen atoms in total. The molecule has 0 saturated carbocycles. The van der Waals surface area contributed by atoms with E-state index >= 15 is 0 Å². The van der Waals surface area contributed by atoms with E-state index in [2.05, 4.69) is 14.7 Å². The lowest BCUT2D eigenvalue weighted by molar-refractivity contribution is 0.400. The Morgan fingerprint density at radius 2 is 1.96 bits per heavy atom. The van der Waals surface area contributed by atoms with Gasteiger partial charge in [-0.25, -0.2) is 0 Å². The monoisotopic (exact) mass is 398 g/mol. The molecule has 10 heteroatoms. The van der Waals surface area contributed by atoms with Crippen LogP contribution in [-0.2, 0) is 23.3 Å². The Labute approximate surface area is 152 Å². The van der Waals surface area contributed by atoms with Crippen molar-refractivity contribution in [3.63, 3.8) is 0 Å². The highest BCUT2D eigenvalue weighted by Crippen LogP contribution is 2.40. The number of pyridine rings is 1. The lowest BCUT2D eigenvalue weighted by atomic mass is 10.1. The normalized spacial score (nSPS) is 16.6. The molecule has 0 unspecified atom stereocenters. The van der Waals surface area contributed by atoms with Gasteiger partial charge in [0.25, 0.3) is 0 Å². The van der Waals surface area contributed by atoms with Crippen LogP contribution in [0, 0.1) is 0 Å². The van der Waals surface area contributed by atoms with Gasteiger partial charge in [0.15, 0.2) is 0 Å². The maximum Gasteiger partial charge on any atom is 0.302 e. The van der Waals surface area contributed by atoms with Gasteiger partial charge in [-0.15, -0.1) is 0 Å². The van der Waals surface area contributed by atoms with Gasteiger partial charge in [-0.2, -0.15) is 12.7 Å². The van der Waals surface area contributed by atoms with E-state index in [1.165, 1.54) is 16.6 Å². The van der Waals surface area contributed by atoms with Crippen molar-refractivity contribution in [2.45, 2.75) is 13.1 Å². The fourth-order valence-electron chi connectivity index (χ4n) is 2.93. The number of fused-ring (bicyclic) bond motifs is 3. The summed E-state index contributed by atoms with van der Waals surface area (Å²) in [5.41, 5.74) is 2.01. The summed E-state index contributed by atoms with van der Waals surface area (Å²) in [7, 11) is -3.78. The molecule has 2 aromatic heterocycles. The molecule has 0 bridgehead atoms. The topological polar surface area (TPSA) is 98.1 Å². The molecule has 0 saturated heterocycles. The second kappa shape index (κ2) is 5.77. The molecule has 130 valence electrons. The Bertz CT molecular complexity index is 1150. The van der Waals surface area contributed by atoms with E-state index in [-0.39, 0.29) is 18.6 Å². The second-order valence-corrected chi connectivity index (χ2v) is 8.20. The van der Waals surface area contributed by atoms with Gasteiger partial charge < -0.3 is 9.97 Å². The number of rotatable bonds is 2. The van der Waals surface area contributed by atoms with E-state index in [0.717, 1.165) is 5.56 Å². The summed E-state index contributed by atoms with van der Waals surface area (Å²) < 4.78 is 29.1. The van der Waals surface area contributed by atoms with Gasteiger partial charge in [0.05, 0.1) is 21.2 Å². The smallest absolute Gasteiger partial charge is 0.302 e. The Hall–Kier alpha value is -2.00. The number of nitrogens with one attached hydrogen (secondary N) is 3. The molecule has 0 fully saturated rings. The molecule has 4 rings (SSSR count). The first-order chi connectivity index (χ1) is 11.8. The highest BCUT2D eigenvalue weighted by molar-refractivity contribution is 7.90. The van der Waals surface area contributed by atoms with E-state index in [0.29, 0.717) is 32.2 Å². The van der Waals surface area contributed by atoms with Crippen molar-refractivity contribution in [2.75, 3.05) is 4.72 Å². The molecule has 1 aliphatic heterocycles. The van der Waals surface area contributed by atoms with E-state index in [9.17, 15) is 13.2 Å². The zero-order valence-electron chi connectivity index (χ0n) is 12.6. The summed E-state index contributed by atoms with van der Waals surface area (Å²) >= 11 is 12.4. The van der Waals surface area contributed by atoms with Crippen LogP contribution >= 0.6 is 23.2 Å². The van der Waals surface area contributed by atoms with Crippen LogP contribution in [0.3, 0.4) is 0 Å². The predicted octanol–water partition coefficient (Wildman–Crippen LogP) is 2.84. The molecule has 0 aliphatic carbocycles. The van der Waals surface area contributed by atoms with Crippen LogP contribution < -0.4 is 10.3 Å². The first-order valence-corrected chi connectivity index (χ1v) is 9.48. The average molecular weight is 399 g/mol. The zero-order valence-corrected chi connectivity index (χ0v) is 15.0. The fraction of sp³-hybridized carbons (Fsp3) is 0.133. The summed E-state index contributed by atoms with van der Waals surface area (Å²) in [6.07, 6.45) is 3.05. The highest BCUT2D eigenvalue weighted by Gasteiger charge is 2.31. The molecule has 0 atom stereocenters. The Kier molecular flexibility index (Phi) is 3.80. The van der Waals surface area contributed by atoms with E-state index in [4.69, 9.17) is 23.2 Å². The predicted molar refractivity (Wildman–Crippen MR) is 97.2 cm³/mol. The maximum absolute atomic E-state index is 12.6. The van der Waals surface area contributed by atoms with Crippen molar-refractivity contribution in [1.82, 2.24) is 14.3 Å². The molecule has 3 N–H and O–H groups in total. The van der Waals surface area contributed by atoms with E-state index in [1.54, 1.807) is 18.3 Å². The van der Waals surface area contributed by atoms with Gasteiger partial charge in [-0.1, -0.05) is 23.2 Å². The summed E-state index contributed by atoms with van der Waals surface area (Å²) in [6.45, 7) is 0.198. The largest absolute Gasteiger partial charge is 0.358 e. The van der Waals surface area contributed by atoms with E-state index in [1.807, 2.05) is 0 Å². The number of hydrogen-bond acceptors (Lipinski definition) is 3. The van der Waals surface area contributed by atoms with Crippen molar-refractivity contribution in [3.05, 3.63) is 62.1 Å². The van der Waals surface area contributed by atoms with Crippen LogP contribution in [-0.4, -0.2) is 22.7 Å². The van der Waals surface area contributed by atoms with Crippen molar-refractivity contribution < 1.29 is 8.42 Å². The zero-order chi connectivity index (χ0) is 17.8. The van der Waals surface area contributed by atoms with Crippen molar-refractivity contribution >= 4 is 50.0 Å². The van der Waals surface area contributed by atoms with E-state index < -0.39 is 10.2 Å². The molecular formula is C15H12Cl2N4O3S. The summed E-state index contributed by atoms with van der Waals surface area (Å²) in [5.74, 6) is 0. The summed E-state index contributed by atoms with van der Waals surface area (Å²) in [6, 6.07) is 4.73. The minimum atomic E-state index is -3.78. The average Bonchev–Trinajstić information content (AvgIpc) is 2.92. The van der Waals surface area contributed by atoms with Crippen LogP contribution in [0.15, 0.2) is 35.4 Å². The van der Waals surface area contributed by atoms with Crippen molar-refractivity contribution in [3.8, 4) is 0 Å². The number of hydrogen-bond donors (Lipinski definition) is 3. The molecular weight excluding hydrogens is 387 g/mol. The summed E-state index contributed by atoms with van der Waals surface area (Å²) in [5, 5.41) is 1.44. The van der Waals surface area contributed by atoms with Crippen LogP contribution in [0.4, 0.5) is 5.69 Å². The molecule has 0 radical (unpaired) electrons. The Morgan fingerprint density at radius 1 is 1.16 bits per heavy atom. The maximum atomic E-state index is 12.6. The number of benzene rings is 1. The van der Waals surface area contributed by atoms with Gasteiger partial charge in [-0.3, -0.25) is 9.52 Å². The number of nitrogens with zero attached hydrogens (tertiary/aromatic N) is 1. The number of aromatic amines is 2. The molecule has 1 aromatic carbocycles. The quantitative estimate of drug-likeness (QED) is 0.618. The minimum absolute atomic E-state index is 0.0693. The summed E-state index contributed by atoms with van der Waals surface area (Å²) in [4.78, 5) is 16.9. The molecule has 1 aliphatic rings. The van der Waals surface area contributed by atoms with Gasteiger partial charge in [-0.05, 0) is 23.3 Å². The number of halogens is 2. The highest BCUT2D eigenvalue weighted by atomic mass is 35.5. The number of aromatic nitrogens is 2. The Morgan fingerprint density at radius 3 is 2.72 bits per heavy atom. The van der Waals surface area contributed by atoms with Crippen LogP contribution in [0.2, 0.25) is 10.0 Å². The number of anilines is 1. The fourth-order valence-corrected chi connectivity index (χ4v) is 4.80. The lowest BCUT2D eigenvalue weighted by Gasteiger charge is -2.29. The van der Waals surface area contributed by atoms with Gasteiger partial charge >= 0.3 is 10.2 Å². The van der Waals surface area contributed by atoms with Crippen LogP contribution in [0.5, 0.6) is 0 Å². The van der Waals surface area contributed by atoms with Gasteiger partial charge in [0.1, 0.15) is 0 Å². The lowest BCUT2D eigenvalue weighted by Crippen LogP contribution is -2.39. The molecule has 0 spiro atoms. The third-order valence-corrected chi connectivity index (χ3v) is 6.06. The second-order valence-electron chi connectivity index (χ2n) is 5.72. The van der Waals surface area contributed by atoms with Gasteiger partial charge in [0, 0.05) is 36.9 Å². The number of H-pyrrole nitrogens is 2. The minimum Gasteiger partial charge on any atom is -0.358 e. The molecule has 0 amide bonds. The van der Waals surface area contributed by atoms with Crippen LogP contribution in [0.1, 0.15) is 11.1 Å². The first kappa shape index (κ1) is 16.5. The van der Waals surface area contributed by atoms with Crippen LogP contribution in [0.25, 0.3) is 10.9 Å². The van der Waals surface area contributed by atoms with Crippen molar-refractivity contribution in [2.24, 2.45) is 0 Å².